The molecule has 0 aromatic heterocycles. The Morgan fingerprint density at radius 2 is 1.65 bits per heavy atom. The molecule has 1 rings (SSSR count). The summed E-state index contributed by atoms with van der Waals surface area (Å²) in [5.41, 5.74) is 0.546. The van der Waals surface area contributed by atoms with Crippen LogP contribution in [0.3, 0.4) is 0 Å². The second-order valence-corrected chi connectivity index (χ2v) is 5.88. The molecule has 5 heteroatoms. The molecule has 0 unspecified atom stereocenters. The standard InChI is InChI=1S/C12H16Cl3NO/c1-12(2,3)17-5-4-16-11-9(14)6-8(13)7-10(11)15/h6-7,16H,4-5H2,1-3H3. The molecule has 17 heavy (non-hydrogen) atoms. The molecule has 1 aromatic carbocycles. The van der Waals surface area contributed by atoms with Gasteiger partial charge in [-0.2, -0.15) is 0 Å². The van der Waals surface area contributed by atoms with Gasteiger partial charge in [0.05, 0.1) is 27.9 Å². The van der Waals surface area contributed by atoms with Crippen LogP contribution >= 0.6 is 34.8 Å². The smallest absolute Gasteiger partial charge is 0.0720 e. The van der Waals surface area contributed by atoms with Crippen molar-refractivity contribution in [3.05, 3.63) is 27.2 Å². The van der Waals surface area contributed by atoms with Gasteiger partial charge < -0.3 is 10.1 Å². The fraction of sp³-hybridized carbons (Fsp3) is 0.500. The monoisotopic (exact) mass is 295 g/mol. The van der Waals surface area contributed by atoms with Gasteiger partial charge >= 0.3 is 0 Å². The van der Waals surface area contributed by atoms with Crippen LogP contribution in [0, 0.1) is 0 Å². The van der Waals surface area contributed by atoms with E-state index in [2.05, 4.69) is 5.32 Å². The number of ether oxygens (including phenoxy) is 1. The Kier molecular flexibility index (Phi) is 5.39. The Hall–Kier alpha value is -0.150. The lowest BCUT2D eigenvalue weighted by Gasteiger charge is -2.20. The van der Waals surface area contributed by atoms with Crippen LogP contribution in [0.1, 0.15) is 20.8 Å². The van der Waals surface area contributed by atoms with Gasteiger partial charge in [-0.15, -0.1) is 0 Å². The van der Waals surface area contributed by atoms with Crippen LogP contribution in [-0.2, 0) is 4.74 Å². The minimum Gasteiger partial charge on any atom is -0.380 e. The summed E-state index contributed by atoms with van der Waals surface area (Å²) < 4.78 is 5.58. The molecular formula is C12H16Cl3NO. The third-order valence-electron chi connectivity index (χ3n) is 1.95. The van der Waals surface area contributed by atoms with Gasteiger partial charge in [0.1, 0.15) is 0 Å². The van der Waals surface area contributed by atoms with Gasteiger partial charge in [-0.05, 0) is 32.9 Å². The van der Waals surface area contributed by atoms with Crippen molar-refractivity contribution in [3.8, 4) is 0 Å². The summed E-state index contributed by atoms with van der Waals surface area (Å²) in [5, 5.41) is 4.68. The predicted octanol–water partition coefficient (Wildman–Crippen LogP) is 4.87. The highest BCUT2D eigenvalue weighted by molar-refractivity contribution is 6.41. The predicted molar refractivity (Wildman–Crippen MR) is 75.7 cm³/mol. The molecule has 0 saturated heterocycles. The number of rotatable bonds is 4. The van der Waals surface area contributed by atoms with Crippen molar-refractivity contribution in [2.24, 2.45) is 0 Å². The van der Waals surface area contributed by atoms with Gasteiger partial charge in [-0.3, -0.25) is 0 Å². The topological polar surface area (TPSA) is 21.3 Å². The second kappa shape index (κ2) is 6.14. The molecule has 2 nitrogen and oxygen atoms in total. The Labute approximate surface area is 117 Å². The van der Waals surface area contributed by atoms with Crippen LogP contribution in [-0.4, -0.2) is 18.8 Å². The number of hydrogen-bond acceptors (Lipinski definition) is 2. The molecule has 0 saturated carbocycles. The average molecular weight is 297 g/mol. The van der Waals surface area contributed by atoms with Gasteiger partial charge in [0.15, 0.2) is 0 Å². The van der Waals surface area contributed by atoms with Gasteiger partial charge in [-0.1, -0.05) is 34.8 Å². The van der Waals surface area contributed by atoms with E-state index in [1.807, 2.05) is 20.8 Å². The van der Waals surface area contributed by atoms with Crippen molar-refractivity contribution in [3.63, 3.8) is 0 Å². The third kappa shape index (κ3) is 5.35. The van der Waals surface area contributed by atoms with Gasteiger partial charge in [0.25, 0.3) is 0 Å². The van der Waals surface area contributed by atoms with Crippen molar-refractivity contribution >= 4 is 40.5 Å². The minimum absolute atomic E-state index is 0.144. The molecule has 0 fully saturated rings. The zero-order chi connectivity index (χ0) is 13.1. The van der Waals surface area contributed by atoms with E-state index in [1.54, 1.807) is 12.1 Å². The molecule has 0 spiro atoms. The quantitative estimate of drug-likeness (QED) is 0.800. The molecule has 0 aliphatic heterocycles. The van der Waals surface area contributed by atoms with E-state index >= 15 is 0 Å². The highest BCUT2D eigenvalue weighted by atomic mass is 35.5. The number of hydrogen-bond donors (Lipinski definition) is 1. The van der Waals surface area contributed by atoms with Crippen LogP contribution < -0.4 is 5.32 Å². The maximum absolute atomic E-state index is 6.03. The minimum atomic E-state index is -0.144. The first-order chi connectivity index (χ1) is 7.79. The van der Waals surface area contributed by atoms with E-state index in [1.165, 1.54) is 0 Å². The van der Waals surface area contributed by atoms with Gasteiger partial charge in [-0.25, -0.2) is 0 Å². The van der Waals surface area contributed by atoms with Crippen LogP contribution in [0.4, 0.5) is 5.69 Å². The van der Waals surface area contributed by atoms with Gasteiger partial charge in [0, 0.05) is 11.6 Å². The summed E-state index contributed by atoms with van der Waals surface area (Å²) in [6, 6.07) is 3.31. The van der Waals surface area contributed by atoms with Crippen molar-refractivity contribution < 1.29 is 4.74 Å². The lowest BCUT2D eigenvalue weighted by atomic mass is 10.2. The summed E-state index contributed by atoms with van der Waals surface area (Å²) in [4.78, 5) is 0. The Balaban J connectivity index is 2.53. The van der Waals surface area contributed by atoms with Crippen LogP contribution in [0.25, 0.3) is 0 Å². The molecule has 0 amide bonds. The van der Waals surface area contributed by atoms with Crippen LogP contribution in [0.2, 0.25) is 15.1 Å². The summed E-state index contributed by atoms with van der Waals surface area (Å²) in [6.45, 7) is 7.25. The highest BCUT2D eigenvalue weighted by Crippen LogP contribution is 2.33. The normalized spacial score (nSPS) is 11.6. The molecule has 0 atom stereocenters. The molecule has 0 heterocycles. The van der Waals surface area contributed by atoms with E-state index in [4.69, 9.17) is 39.5 Å². The molecule has 0 aliphatic rings. The zero-order valence-electron chi connectivity index (χ0n) is 10.1. The molecule has 0 aliphatic carbocycles. The molecule has 0 bridgehead atoms. The number of nitrogens with one attached hydrogen (secondary N) is 1. The van der Waals surface area contributed by atoms with Gasteiger partial charge in [0.2, 0.25) is 0 Å². The van der Waals surface area contributed by atoms with E-state index in [0.29, 0.717) is 33.9 Å². The third-order valence-corrected chi connectivity index (χ3v) is 2.76. The zero-order valence-corrected chi connectivity index (χ0v) is 12.4. The summed E-state index contributed by atoms with van der Waals surface area (Å²) in [6.07, 6.45) is 0. The summed E-state index contributed by atoms with van der Waals surface area (Å²) in [5.74, 6) is 0. The number of halogens is 3. The van der Waals surface area contributed by atoms with Crippen molar-refractivity contribution in [1.82, 2.24) is 0 Å². The van der Waals surface area contributed by atoms with Crippen molar-refractivity contribution in [1.29, 1.82) is 0 Å². The first-order valence-corrected chi connectivity index (χ1v) is 6.45. The fourth-order valence-electron chi connectivity index (χ4n) is 1.24. The van der Waals surface area contributed by atoms with Crippen molar-refractivity contribution in [2.75, 3.05) is 18.5 Å². The molecule has 96 valence electrons. The Bertz CT molecular complexity index is 365. The molecule has 1 N–H and O–H groups in total. The van der Waals surface area contributed by atoms with E-state index in [0.717, 1.165) is 0 Å². The summed E-state index contributed by atoms with van der Waals surface area (Å²) >= 11 is 17.9. The lowest BCUT2D eigenvalue weighted by molar-refractivity contribution is 0.00334. The number of anilines is 1. The van der Waals surface area contributed by atoms with E-state index in [-0.39, 0.29) is 5.60 Å². The molecule has 1 aromatic rings. The number of benzene rings is 1. The molecular weight excluding hydrogens is 280 g/mol. The Morgan fingerprint density at radius 1 is 1.12 bits per heavy atom. The van der Waals surface area contributed by atoms with E-state index in [9.17, 15) is 0 Å². The molecule has 0 radical (unpaired) electrons. The largest absolute Gasteiger partial charge is 0.380 e. The lowest BCUT2D eigenvalue weighted by Crippen LogP contribution is -2.23. The average Bonchev–Trinajstić information content (AvgIpc) is 2.13. The van der Waals surface area contributed by atoms with Crippen LogP contribution in [0.15, 0.2) is 12.1 Å². The first-order valence-electron chi connectivity index (χ1n) is 5.32. The summed E-state index contributed by atoms with van der Waals surface area (Å²) in [7, 11) is 0. The van der Waals surface area contributed by atoms with Crippen molar-refractivity contribution in [2.45, 2.75) is 26.4 Å². The highest BCUT2D eigenvalue weighted by Gasteiger charge is 2.10. The maximum atomic E-state index is 6.03. The second-order valence-electron chi connectivity index (χ2n) is 4.63. The Morgan fingerprint density at radius 3 is 2.12 bits per heavy atom. The fourth-order valence-corrected chi connectivity index (χ4v) is 2.19. The van der Waals surface area contributed by atoms with E-state index < -0.39 is 0 Å². The maximum Gasteiger partial charge on any atom is 0.0720 e. The SMILES string of the molecule is CC(C)(C)OCCNc1c(Cl)cc(Cl)cc1Cl. The van der Waals surface area contributed by atoms with Crippen LogP contribution in [0.5, 0.6) is 0 Å². The first kappa shape index (κ1) is 14.9.